The molecule has 0 amide bonds. The monoisotopic (exact) mass is 242 g/mol. The molecule has 1 aromatic rings. The number of aromatic nitrogens is 1. The first-order chi connectivity index (χ1) is 7.54. The van der Waals surface area contributed by atoms with Crippen LogP contribution in [0.1, 0.15) is 13.3 Å². The zero-order valence-electron chi connectivity index (χ0n) is 8.49. The number of carboxylic acid groups (broad SMARTS) is 1. The van der Waals surface area contributed by atoms with Crippen LogP contribution in [-0.4, -0.2) is 26.2 Å². The second-order valence-corrected chi connectivity index (χ2v) is 4.19. The molecule has 6 nitrogen and oxygen atoms in total. The summed E-state index contributed by atoms with van der Waals surface area (Å²) in [4.78, 5) is 24.6. The molecule has 0 saturated carbocycles. The molecule has 1 heterocycles. The molecule has 0 aliphatic carbocycles. The zero-order valence-corrected chi connectivity index (χ0v) is 9.31. The molecule has 0 bridgehead atoms. The Bertz CT molecular complexity index is 410. The van der Waals surface area contributed by atoms with E-state index in [0.29, 0.717) is 11.4 Å². The van der Waals surface area contributed by atoms with Gasteiger partial charge in [-0.1, -0.05) is 18.7 Å². The van der Waals surface area contributed by atoms with Gasteiger partial charge in [-0.25, -0.2) is 4.98 Å². The van der Waals surface area contributed by atoms with Gasteiger partial charge in [-0.15, -0.1) is 0 Å². The van der Waals surface area contributed by atoms with E-state index in [1.807, 2.05) is 0 Å². The third-order valence-corrected chi connectivity index (χ3v) is 3.12. The van der Waals surface area contributed by atoms with Crippen LogP contribution in [0.25, 0.3) is 0 Å². The summed E-state index contributed by atoms with van der Waals surface area (Å²) in [7, 11) is 0. The van der Waals surface area contributed by atoms with Gasteiger partial charge in [0.05, 0.1) is 4.92 Å². The lowest BCUT2D eigenvalue weighted by Crippen LogP contribution is -2.14. The first-order valence-electron chi connectivity index (χ1n) is 4.54. The number of carboxylic acids is 1. The van der Waals surface area contributed by atoms with Crippen LogP contribution in [0.4, 0.5) is 5.69 Å². The molecule has 1 unspecified atom stereocenters. The lowest BCUT2D eigenvalue weighted by Gasteiger charge is -2.07. The normalized spacial score (nSPS) is 12.1. The van der Waals surface area contributed by atoms with Gasteiger partial charge in [-0.3, -0.25) is 14.9 Å². The molecular formula is C9H10N2O4S. The lowest BCUT2D eigenvalue weighted by atomic mass is 10.3. The van der Waals surface area contributed by atoms with Crippen molar-refractivity contribution >= 4 is 23.4 Å². The van der Waals surface area contributed by atoms with Gasteiger partial charge in [0.15, 0.2) is 0 Å². The molecule has 0 fully saturated rings. The van der Waals surface area contributed by atoms with Crippen molar-refractivity contribution < 1.29 is 14.8 Å². The van der Waals surface area contributed by atoms with Crippen molar-refractivity contribution in [2.75, 3.05) is 0 Å². The van der Waals surface area contributed by atoms with E-state index in [1.54, 1.807) is 6.92 Å². The Kier molecular flexibility index (Phi) is 4.24. The molecule has 7 heteroatoms. The van der Waals surface area contributed by atoms with Crippen LogP contribution in [0.5, 0.6) is 0 Å². The molecule has 0 radical (unpaired) electrons. The Morgan fingerprint density at radius 1 is 1.75 bits per heavy atom. The molecule has 1 rings (SSSR count). The summed E-state index contributed by atoms with van der Waals surface area (Å²) >= 11 is 1.01. The van der Waals surface area contributed by atoms with Crippen molar-refractivity contribution in [3.63, 3.8) is 0 Å². The third kappa shape index (κ3) is 3.20. The average molecular weight is 242 g/mol. The molecule has 16 heavy (non-hydrogen) atoms. The molecule has 0 aromatic carbocycles. The number of hydrogen-bond acceptors (Lipinski definition) is 5. The second kappa shape index (κ2) is 5.45. The van der Waals surface area contributed by atoms with Gasteiger partial charge in [0.2, 0.25) is 0 Å². The molecule has 1 atom stereocenters. The van der Waals surface area contributed by atoms with E-state index < -0.39 is 16.1 Å². The molecule has 0 saturated heterocycles. The van der Waals surface area contributed by atoms with E-state index in [-0.39, 0.29) is 5.69 Å². The summed E-state index contributed by atoms with van der Waals surface area (Å²) in [5.74, 6) is -0.944. The van der Waals surface area contributed by atoms with Gasteiger partial charge in [0.1, 0.15) is 10.3 Å². The van der Waals surface area contributed by atoms with E-state index in [1.165, 1.54) is 18.3 Å². The Balaban J connectivity index is 2.84. The fourth-order valence-electron chi connectivity index (χ4n) is 1.03. The van der Waals surface area contributed by atoms with Crippen molar-refractivity contribution in [1.82, 2.24) is 4.98 Å². The summed E-state index contributed by atoms with van der Waals surface area (Å²) in [6, 6.07) is 2.54. The van der Waals surface area contributed by atoms with E-state index in [0.717, 1.165) is 11.8 Å². The van der Waals surface area contributed by atoms with E-state index in [2.05, 4.69) is 4.98 Å². The molecule has 1 N–H and O–H groups in total. The quantitative estimate of drug-likeness (QED) is 0.482. The fraction of sp³-hybridized carbons (Fsp3) is 0.333. The van der Waals surface area contributed by atoms with Crippen LogP contribution < -0.4 is 0 Å². The third-order valence-electron chi connectivity index (χ3n) is 1.84. The topological polar surface area (TPSA) is 93.3 Å². The van der Waals surface area contributed by atoms with Crippen molar-refractivity contribution in [3.8, 4) is 0 Å². The Hall–Kier alpha value is -1.63. The number of pyridine rings is 1. The van der Waals surface area contributed by atoms with Gasteiger partial charge in [0.25, 0.3) is 5.69 Å². The molecule has 86 valence electrons. The molecular weight excluding hydrogens is 232 g/mol. The minimum atomic E-state index is -0.944. The molecule has 1 aromatic heterocycles. The van der Waals surface area contributed by atoms with Crippen LogP contribution in [0.3, 0.4) is 0 Å². The van der Waals surface area contributed by atoms with Crippen LogP contribution >= 0.6 is 11.8 Å². The van der Waals surface area contributed by atoms with Gasteiger partial charge >= 0.3 is 5.97 Å². The summed E-state index contributed by atoms with van der Waals surface area (Å²) in [5.41, 5.74) is -0.0854. The summed E-state index contributed by atoms with van der Waals surface area (Å²) in [6.07, 6.45) is 1.74. The smallest absolute Gasteiger partial charge is 0.317 e. The maximum atomic E-state index is 10.8. The Morgan fingerprint density at radius 2 is 2.44 bits per heavy atom. The van der Waals surface area contributed by atoms with Crippen LogP contribution in [0.2, 0.25) is 0 Å². The summed E-state index contributed by atoms with van der Waals surface area (Å²) < 4.78 is 0. The summed E-state index contributed by atoms with van der Waals surface area (Å²) in [6.45, 7) is 1.74. The van der Waals surface area contributed by atoms with Gasteiger partial charge in [-0.05, 0) is 6.42 Å². The maximum absolute atomic E-state index is 10.8. The molecule has 0 aliphatic heterocycles. The van der Waals surface area contributed by atoms with E-state index in [9.17, 15) is 14.9 Å². The van der Waals surface area contributed by atoms with E-state index in [4.69, 9.17) is 5.11 Å². The number of hydrogen-bond donors (Lipinski definition) is 1. The van der Waals surface area contributed by atoms with Crippen molar-refractivity contribution in [2.24, 2.45) is 0 Å². The highest BCUT2D eigenvalue weighted by Crippen LogP contribution is 2.26. The van der Waals surface area contributed by atoms with Crippen LogP contribution in [0.15, 0.2) is 23.4 Å². The highest BCUT2D eigenvalue weighted by atomic mass is 32.2. The maximum Gasteiger partial charge on any atom is 0.317 e. The van der Waals surface area contributed by atoms with Crippen LogP contribution in [-0.2, 0) is 4.79 Å². The minimum absolute atomic E-state index is 0.0854. The Morgan fingerprint density at radius 3 is 2.94 bits per heavy atom. The van der Waals surface area contributed by atoms with Crippen LogP contribution in [0, 0.1) is 10.1 Å². The highest BCUT2D eigenvalue weighted by molar-refractivity contribution is 8.00. The molecule has 0 aliphatic rings. The minimum Gasteiger partial charge on any atom is -0.480 e. The summed E-state index contributed by atoms with van der Waals surface area (Å²) in [5, 5.41) is 19.0. The average Bonchev–Trinajstić information content (AvgIpc) is 2.25. The number of aliphatic carboxylic acids is 1. The van der Waals surface area contributed by atoms with Crippen molar-refractivity contribution in [3.05, 3.63) is 28.4 Å². The zero-order chi connectivity index (χ0) is 12.1. The predicted molar refractivity (Wildman–Crippen MR) is 58.5 cm³/mol. The second-order valence-electron chi connectivity index (χ2n) is 2.96. The van der Waals surface area contributed by atoms with Crippen molar-refractivity contribution in [1.29, 1.82) is 0 Å². The number of rotatable bonds is 5. The number of nitro groups is 1. The van der Waals surface area contributed by atoms with Gasteiger partial charge in [0, 0.05) is 18.3 Å². The largest absolute Gasteiger partial charge is 0.480 e. The van der Waals surface area contributed by atoms with Crippen molar-refractivity contribution in [2.45, 2.75) is 23.6 Å². The standard InChI is InChI=1S/C9H10N2O4S/c1-2-7(9(12)13)16-8-5-6(11(14)15)3-4-10-8/h3-5,7H,2H2,1H3,(H,12,13). The predicted octanol–water partition coefficient (Wildman–Crippen LogP) is 1.95. The molecule has 0 spiro atoms. The lowest BCUT2D eigenvalue weighted by molar-refractivity contribution is -0.385. The number of nitrogens with zero attached hydrogens (tertiary/aromatic N) is 2. The number of thioether (sulfide) groups is 1. The highest BCUT2D eigenvalue weighted by Gasteiger charge is 2.18. The van der Waals surface area contributed by atoms with Gasteiger partial charge < -0.3 is 5.11 Å². The first kappa shape index (κ1) is 12.4. The number of carbonyl (C=O) groups is 1. The SMILES string of the molecule is CCC(Sc1cc([N+](=O)[O-])ccn1)C(=O)O. The van der Waals surface area contributed by atoms with E-state index >= 15 is 0 Å². The van der Waals surface area contributed by atoms with Gasteiger partial charge in [-0.2, -0.15) is 0 Å². The Labute approximate surface area is 95.8 Å². The fourth-order valence-corrected chi connectivity index (χ4v) is 1.90. The first-order valence-corrected chi connectivity index (χ1v) is 5.42.